The lowest BCUT2D eigenvalue weighted by Crippen LogP contribution is -2.44. The zero-order chi connectivity index (χ0) is 21.5. The molecule has 2 aromatic rings. The number of hydrogen-bond donors (Lipinski definition) is 1. The van der Waals surface area contributed by atoms with E-state index in [1.165, 1.54) is 11.1 Å². The van der Waals surface area contributed by atoms with Gasteiger partial charge in [0.05, 0.1) is 19.3 Å². The van der Waals surface area contributed by atoms with Crippen molar-refractivity contribution in [2.24, 2.45) is 0 Å². The molecule has 0 radical (unpaired) electrons. The number of carbonyl (C=O) groups is 1. The summed E-state index contributed by atoms with van der Waals surface area (Å²) in [5, 5.41) is 3.07. The number of carbonyl (C=O) groups excluding carboxylic acids is 1. The number of nitrogens with zero attached hydrogens (tertiary/aromatic N) is 1. The summed E-state index contributed by atoms with van der Waals surface area (Å²) in [4.78, 5) is 14.9. The quantitative estimate of drug-likeness (QED) is 0.715. The molecule has 0 saturated carbocycles. The molecular weight excluding hydrogens is 376 g/mol. The Balaban J connectivity index is 1.62. The molecular formula is C25H34N2O3. The van der Waals surface area contributed by atoms with E-state index in [-0.39, 0.29) is 18.6 Å². The number of benzene rings is 2. The van der Waals surface area contributed by atoms with Crippen molar-refractivity contribution in [3.63, 3.8) is 0 Å². The highest BCUT2D eigenvalue weighted by molar-refractivity contribution is 5.77. The van der Waals surface area contributed by atoms with Crippen molar-refractivity contribution in [2.45, 2.75) is 39.7 Å². The van der Waals surface area contributed by atoms with Crippen LogP contribution in [0.5, 0.6) is 5.75 Å². The van der Waals surface area contributed by atoms with Gasteiger partial charge in [-0.2, -0.15) is 0 Å². The van der Waals surface area contributed by atoms with E-state index < -0.39 is 0 Å². The minimum absolute atomic E-state index is 0.0202. The van der Waals surface area contributed by atoms with Crippen LogP contribution in [0.1, 0.15) is 48.1 Å². The lowest BCUT2D eigenvalue weighted by molar-refractivity contribution is -0.123. The normalized spacial score (nSPS) is 15.8. The molecule has 0 bridgehead atoms. The topological polar surface area (TPSA) is 50.8 Å². The zero-order valence-electron chi connectivity index (χ0n) is 18.6. The van der Waals surface area contributed by atoms with Gasteiger partial charge in [0.15, 0.2) is 6.61 Å². The molecule has 0 aromatic heterocycles. The van der Waals surface area contributed by atoms with Crippen molar-refractivity contribution < 1.29 is 14.3 Å². The van der Waals surface area contributed by atoms with Crippen LogP contribution >= 0.6 is 0 Å². The summed E-state index contributed by atoms with van der Waals surface area (Å²) in [6, 6.07) is 14.8. The van der Waals surface area contributed by atoms with Gasteiger partial charge < -0.3 is 14.8 Å². The Morgan fingerprint density at radius 2 is 1.73 bits per heavy atom. The zero-order valence-corrected chi connectivity index (χ0v) is 18.6. The van der Waals surface area contributed by atoms with Crippen molar-refractivity contribution in [2.75, 3.05) is 39.5 Å². The standard InChI is InChI=1S/C25H34N2O3/c1-18(2)21-8-10-22(11-9-21)23(27-12-14-29-15-13-27)16-26-25(28)17-30-24-7-5-6-19(3)20(24)4/h5-11,18,23H,12-17H2,1-4H3,(H,26,28)/t23-/m1/s1. The van der Waals surface area contributed by atoms with E-state index in [0.717, 1.165) is 43.2 Å². The van der Waals surface area contributed by atoms with Gasteiger partial charge in [-0.05, 0) is 48.1 Å². The number of hydrogen-bond acceptors (Lipinski definition) is 4. The van der Waals surface area contributed by atoms with Crippen LogP contribution in [-0.2, 0) is 9.53 Å². The Kier molecular flexibility index (Phi) is 7.88. The van der Waals surface area contributed by atoms with Crippen molar-refractivity contribution in [1.29, 1.82) is 0 Å². The van der Waals surface area contributed by atoms with Crippen molar-refractivity contribution >= 4 is 5.91 Å². The molecule has 162 valence electrons. The van der Waals surface area contributed by atoms with Crippen LogP contribution in [0, 0.1) is 13.8 Å². The number of morpholine rings is 1. The first kappa shape index (κ1) is 22.3. The first-order chi connectivity index (χ1) is 14.5. The molecule has 0 aliphatic carbocycles. The third-order valence-corrected chi connectivity index (χ3v) is 5.88. The summed E-state index contributed by atoms with van der Waals surface area (Å²) < 4.78 is 11.3. The fourth-order valence-corrected chi connectivity index (χ4v) is 3.74. The molecule has 1 atom stereocenters. The molecule has 0 spiro atoms. The van der Waals surface area contributed by atoms with Crippen LogP contribution in [0.3, 0.4) is 0 Å². The molecule has 5 nitrogen and oxygen atoms in total. The van der Waals surface area contributed by atoms with Crippen LogP contribution in [-0.4, -0.2) is 50.3 Å². The number of nitrogens with one attached hydrogen (secondary N) is 1. The lowest BCUT2D eigenvalue weighted by atomic mass is 9.98. The second kappa shape index (κ2) is 10.6. The Hall–Kier alpha value is -2.37. The third kappa shape index (κ3) is 5.83. The smallest absolute Gasteiger partial charge is 0.258 e. The van der Waals surface area contributed by atoms with Gasteiger partial charge in [0.1, 0.15) is 5.75 Å². The van der Waals surface area contributed by atoms with E-state index in [2.05, 4.69) is 48.3 Å². The summed E-state index contributed by atoms with van der Waals surface area (Å²) in [6.07, 6.45) is 0. The van der Waals surface area contributed by atoms with Gasteiger partial charge in [-0.15, -0.1) is 0 Å². The highest BCUT2D eigenvalue weighted by Crippen LogP contribution is 2.24. The van der Waals surface area contributed by atoms with E-state index in [1.807, 2.05) is 32.0 Å². The molecule has 1 saturated heterocycles. The molecule has 1 amide bonds. The predicted octanol–water partition coefficient (Wildman–Crippen LogP) is 4.00. The number of ether oxygens (including phenoxy) is 2. The van der Waals surface area contributed by atoms with Gasteiger partial charge in [-0.25, -0.2) is 0 Å². The maximum atomic E-state index is 12.5. The maximum Gasteiger partial charge on any atom is 0.258 e. The predicted molar refractivity (Wildman–Crippen MR) is 120 cm³/mol. The Morgan fingerprint density at radius 3 is 2.40 bits per heavy atom. The highest BCUT2D eigenvalue weighted by Gasteiger charge is 2.23. The van der Waals surface area contributed by atoms with Crippen molar-refractivity contribution in [1.82, 2.24) is 10.2 Å². The maximum absolute atomic E-state index is 12.5. The van der Waals surface area contributed by atoms with Gasteiger partial charge in [0.25, 0.3) is 5.91 Å². The van der Waals surface area contributed by atoms with Gasteiger partial charge in [0.2, 0.25) is 0 Å². The number of rotatable bonds is 8. The van der Waals surface area contributed by atoms with Gasteiger partial charge in [-0.1, -0.05) is 50.2 Å². The monoisotopic (exact) mass is 410 g/mol. The minimum atomic E-state index is -0.104. The highest BCUT2D eigenvalue weighted by atomic mass is 16.5. The second-order valence-corrected chi connectivity index (χ2v) is 8.28. The van der Waals surface area contributed by atoms with Crippen LogP contribution in [0.2, 0.25) is 0 Å². The van der Waals surface area contributed by atoms with E-state index >= 15 is 0 Å². The Bertz CT molecular complexity index is 827. The van der Waals surface area contributed by atoms with Crippen LogP contribution in [0.4, 0.5) is 0 Å². The van der Waals surface area contributed by atoms with Crippen molar-refractivity contribution in [3.8, 4) is 5.75 Å². The average Bonchev–Trinajstić information content (AvgIpc) is 2.76. The molecule has 3 rings (SSSR count). The van der Waals surface area contributed by atoms with Crippen LogP contribution in [0.25, 0.3) is 0 Å². The van der Waals surface area contributed by atoms with E-state index in [0.29, 0.717) is 12.5 Å². The average molecular weight is 411 g/mol. The number of aryl methyl sites for hydroxylation is 1. The fraction of sp³-hybridized carbons (Fsp3) is 0.480. The molecule has 30 heavy (non-hydrogen) atoms. The summed E-state index contributed by atoms with van der Waals surface area (Å²) in [6.45, 7) is 12.2. The van der Waals surface area contributed by atoms with E-state index in [9.17, 15) is 4.79 Å². The summed E-state index contributed by atoms with van der Waals surface area (Å²) in [5.41, 5.74) is 4.77. The van der Waals surface area contributed by atoms with E-state index in [1.54, 1.807) is 0 Å². The molecule has 1 aliphatic heterocycles. The first-order valence-corrected chi connectivity index (χ1v) is 10.8. The van der Waals surface area contributed by atoms with E-state index in [4.69, 9.17) is 9.47 Å². The Labute approximate surface area is 180 Å². The van der Waals surface area contributed by atoms with Gasteiger partial charge >= 0.3 is 0 Å². The minimum Gasteiger partial charge on any atom is -0.483 e. The molecule has 1 heterocycles. The van der Waals surface area contributed by atoms with Crippen molar-refractivity contribution in [3.05, 3.63) is 64.7 Å². The summed E-state index contributed by atoms with van der Waals surface area (Å²) in [5.74, 6) is 1.16. The number of amides is 1. The molecule has 1 fully saturated rings. The molecule has 5 heteroatoms. The van der Waals surface area contributed by atoms with Gasteiger partial charge in [-0.3, -0.25) is 9.69 Å². The Morgan fingerprint density at radius 1 is 1.07 bits per heavy atom. The molecule has 0 unspecified atom stereocenters. The molecule has 1 N–H and O–H groups in total. The fourth-order valence-electron chi connectivity index (χ4n) is 3.74. The summed E-state index contributed by atoms with van der Waals surface area (Å²) in [7, 11) is 0. The van der Waals surface area contributed by atoms with Crippen LogP contribution in [0.15, 0.2) is 42.5 Å². The summed E-state index contributed by atoms with van der Waals surface area (Å²) >= 11 is 0. The SMILES string of the molecule is Cc1cccc(OCC(=O)NC[C@H](c2ccc(C(C)C)cc2)N2CCOCC2)c1C. The van der Waals surface area contributed by atoms with Gasteiger partial charge in [0, 0.05) is 19.6 Å². The first-order valence-electron chi connectivity index (χ1n) is 10.8. The molecule has 2 aromatic carbocycles. The largest absolute Gasteiger partial charge is 0.483 e. The lowest BCUT2D eigenvalue weighted by Gasteiger charge is -2.35. The molecule has 1 aliphatic rings. The third-order valence-electron chi connectivity index (χ3n) is 5.88. The second-order valence-electron chi connectivity index (χ2n) is 8.28. The van der Waals surface area contributed by atoms with Crippen LogP contribution < -0.4 is 10.1 Å².